The van der Waals surface area contributed by atoms with Crippen LogP contribution in [0.4, 0.5) is 14.4 Å². The van der Waals surface area contributed by atoms with Crippen molar-refractivity contribution in [3.05, 3.63) is 23.8 Å². The highest BCUT2D eigenvalue weighted by molar-refractivity contribution is 5.75. The van der Waals surface area contributed by atoms with E-state index in [1.54, 1.807) is 20.8 Å². The number of benzene rings is 1. The lowest BCUT2D eigenvalue weighted by atomic mass is 9.82. The first-order valence-electron chi connectivity index (χ1n) is 11.8. The van der Waals surface area contributed by atoms with Gasteiger partial charge in [-0.15, -0.1) is 0 Å². The molecule has 0 bridgehead atoms. The zero-order valence-corrected chi connectivity index (χ0v) is 21.0. The van der Waals surface area contributed by atoms with Crippen LogP contribution in [0.1, 0.15) is 58.4 Å². The SMILES string of the molecule is CCCCCOC(=O)OCC(C)C(c1ccc(OC(=O)OCC)c(OC(=O)OCC)c1)[C@H](N)C(=O)O. The maximum Gasteiger partial charge on any atom is 0.513 e. The summed E-state index contributed by atoms with van der Waals surface area (Å²) in [6.07, 6.45) is -0.385. The molecule has 1 aromatic carbocycles. The van der Waals surface area contributed by atoms with E-state index in [1.807, 2.05) is 6.92 Å². The van der Waals surface area contributed by atoms with E-state index in [1.165, 1.54) is 18.2 Å². The van der Waals surface area contributed by atoms with E-state index in [0.717, 1.165) is 12.8 Å². The lowest BCUT2D eigenvalue weighted by molar-refractivity contribution is -0.139. The number of hydrogen-bond donors (Lipinski definition) is 2. The van der Waals surface area contributed by atoms with Crippen LogP contribution in [0.25, 0.3) is 0 Å². The van der Waals surface area contributed by atoms with E-state index in [0.29, 0.717) is 12.0 Å². The summed E-state index contributed by atoms with van der Waals surface area (Å²) in [5.41, 5.74) is 6.29. The second kappa shape index (κ2) is 16.2. The fourth-order valence-electron chi connectivity index (χ4n) is 3.27. The predicted molar refractivity (Wildman–Crippen MR) is 126 cm³/mol. The van der Waals surface area contributed by atoms with Crippen LogP contribution in [-0.2, 0) is 23.7 Å². The lowest BCUT2D eigenvalue weighted by Crippen LogP contribution is -2.40. The van der Waals surface area contributed by atoms with Gasteiger partial charge < -0.3 is 39.3 Å². The summed E-state index contributed by atoms with van der Waals surface area (Å²) >= 11 is 0. The Kier molecular flexibility index (Phi) is 13.7. The number of hydrogen-bond acceptors (Lipinski definition) is 11. The highest BCUT2D eigenvalue weighted by Crippen LogP contribution is 2.36. The molecular weight excluding hydrogens is 478 g/mol. The van der Waals surface area contributed by atoms with Gasteiger partial charge in [-0.1, -0.05) is 32.8 Å². The topological polar surface area (TPSA) is 170 Å². The van der Waals surface area contributed by atoms with Crippen LogP contribution in [0, 0.1) is 5.92 Å². The molecule has 0 saturated carbocycles. The van der Waals surface area contributed by atoms with Crippen LogP contribution in [-0.4, -0.2) is 62.0 Å². The molecule has 3 atom stereocenters. The monoisotopic (exact) mass is 513 g/mol. The van der Waals surface area contributed by atoms with Crippen LogP contribution in [0.5, 0.6) is 11.5 Å². The van der Waals surface area contributed by atoms with Gasteiger partial charge in [-0.3, -0.25) is 4.79 Å². The van der Waals surface area contributed by atoms with Crippen molar-refractivity contribution in [2.45, 2.75) is 58.9 Å². The maximum atomic E-state index is 11.9. The van der Waals surface area contributed by atoms with E-state index in [9.17, 15) is 24.3 Å². The van der Waals surface area contributed by atoms with Gasteiger partial charge in [-0.05, 0) is 43.9 Å². The molecule has 12 heteroatoms. The van der Waals surface area contributed by atoms with Crippen molar-refractivity contribution in [2.24, 2.45) is 11.7 Å². The zero-order valence-electron chi connectivity index (χ0n) is 21.0. The van der Waals surface area contributed by atoms with Crippen LogP contribution in [0.3, 0.4) is 0 Å². The molecule has 0 aliphatic rings. The largest absolute Gasteiger partial charge is 0.513 e. The molecule has 1 aromatic rings. The maximum absolute atomic E-state index is 11.9. The normalized spacial score (nSPS) is 13.0. The Balaban J connectivity index is 3.17. The third-order valence-electron chi connectivity index (χ3n) is 4.98. The Morgan fingerprint density at radius 1 is 0.861 bits per heavy atom. The van der Waals surface area contributed by atoms with Crippen LogP contribution >= 0.6 is 0 Å². The molecule has 3 N–H and O–H groups in total. The molecule has 0 spiro atoms. The molecule has 2 unspecified atom stereocenters. The second-order valence-corrected chi connectivity index (χ2v) is 7.76. The number of rotatable bonds is 14. The van der Waals surface area contributed by atoms with Crippen molar-refractivity contribution in [1.29, 1.82) is 0 Å². The summed E-state index contributed by atoms with van der Waals surface area (Å²) in [5.74, 6) is -3.16. The van der Waals surface area contributed by atoms with Gasteiger partial charge in [0.05, 0.1) is 26.4 Å². The van der Waals surface area contributed by atoms with Crippen molar-refractivity contribution in [2.75, 3.05) is 26.4 Å². The summed E-state index contributed by atoms with van der Waals surface area (Å²) in [7, 11) is 0. The highest BCUT2D eigenvalue weighted by atomic mass is 16.7. The first-order chi connectivity index (χ1) is 17.1. The molecule has 36 heavy (non-hydrogen) atoms. The van der Waals surface area contributed by atoms with Crippen LogP contribution in [0.2, 0.25) is 0 Å². The van der Waals surface area contributed by atoms with Gasteiger partial charge in [-0.25, -0.2) is 14.4 Å². The number of aliphatic carboxylic acids is 1. The summed E-state index contributed by atoms with van der Waals surface area (Å²) < 4.78 is 29.9. The van der Waals surface area contributed by atoms with Gasteiger partial charge in [0.25, 0.3) is 0 Å². The van der Waals surface area contributed by atoms with Gasteiger partial charge >= 0.3 is 24.4 Å². The van der Waals surface area contributed by atoms with Gasteiger partial charge in [0, 0.05) is 5.92 Å². The van der Waals surface area contributed by atoms with E-state index in [-0.39, 0.29) is 37.9 Å². The minimum Gasteiger partial charge on any atom is -0.480 e. The number of ether oxygens (including phenoxy) is 6. The average molecular weight is 514 g/mol. The number of carbonyl (C=O) groups excluding carboxylic acids is 3. The lowest BCUT2D eigenvalue weighted by Gasteiger charge is -2.27. The summed E-state index contributed by atoms with van der Waals surface area (Å²) in [6, 6.07) is 2.66. The summed E-state index contributed by atoms with van der Waals surface area (Å²) in [6.45, 7) is 6.94. The number of carboxylic acid groups (broad SMARTS) is 1. The number of carbonyl (C=O) groups is 4. The third kappa shape index (κ3) is 10.4. The molecule has 0 aromatic heterocycles. The Hall–Kier alpha value is -3.54. The average Bonchev–Trinajstić information content (AvgIpc) is 2.82. The van der Waals surface area contributed by atoms with Crippen molar-refractivity contribution in [1.82, 2.24) is 0 Å². The van der Waals surface area contributed by atoms with Gasteiger partial charge in [0.1, 0.15) is 6.04 Å². The molecule has 12 nitrogen and oxygen atoms in total. The van der Waals surface area contributed by atoms with Gasteiger partial charge in [-0.2, -0.15) is 0 Å². The van der Waals surface area contributed by atoms with Gasteiger partial charge in [0.2, 0.25) is 0 Å². The zero-order chi connectivity index (χ0) is 27.1. The molecule has 0 aliphatic carbocycles. The van der Waals surface area contributed by atoms with Crippen molar-refractivity contribution >= 4 is 24.4 Å². The Bertz CT molecular complexity index is 874. The third-order valence-corrected chi connectivity index (χ3v) is 4.98. The Morgan fingerprint density at radius 3 is 2.03 bits per heavy atom. The molecule has 0 fully saturated rings. The molecule has 1 rings (SSSR count). The molecular formula is C24H35NO11. The first kappa shape index (κ1) is 30.5. The fraction of sp³-hybridized carbons (Fsp3) is 0.583. The van der Waals surface area contributed by atoms with Crippen molar-refractivity contribution in [3.63, 3.8) is 0 Å². The quantitative estimate of drug-likeness (QED) is 0.157. The molecule has 0 radical (unpaired) electrons. The van der Waals surface area contributed by atoms with E-state index >= 15 is 0 Å². The number of nitrogens with two attached hydrogens (primary N) is 1. The molecule has 202 valence electrons. The summed E-state index contributed by atoms with van der Waals surface area (Å²) in [4.78, 5) is 47.3. The fourth-order valence-corrected chi connectivity index (χ4v) is 3.27. The minimum atomic E-state index is -1.41. The van der Waals surface area contributed by atoms with E-state index in [2.05, 4.69) is 0 Å². The molecule has 0 saturated heterocycles. The minimum absolute atomic E-state index is 0.0298. The summed E-state index contributed by atoms with van der Waals surface area (Å²) in [5, 5.41) is 9.58. The Labute approximate surface area is 209 Å². The van der Waals surface area contributed by atoms with Crippen LogP contribution in [0.15, 0.2) is 18.2 Å². The van der Waals surface area contributed by atoms with Crippen molar-refractivity contribution in [3.8, 4) is 11.5 Å². The number of unbranched alkanes of at least 4 members (excludes halogenated alkanes) is 2. The first-order valence-corrected chi connectivity index (χ1v) is 11.8. The predicted octanol–water partition coefficient (Wildman–Crippen LogP) is 4.23. The molecule has 0 aliphatic heterocycles. The molecule has 0 heterocycles. The standard InChI is InChI=1S/C24H35NO11/c1-5-8-9-12-33-22(28)34-14-15(4)19(20(25)21(26)27)16-10-11-17(35-23(29)31-6-2)18(13-16)36-24(30)32-7-3/h10-11,13,15,19-20H,5-9,12,14,25H2,1-4H3,(H,26,27)/t15?,19?,20-/m0/s1. The highest BCUT2D eigenvalue weighted by Gasteiger charge is 2.33. The van der Waals surface area contributed by atoms with Crippen LogP contribution < -0.4 is 15.2 Å². The smallest absolute Gasteiger partial charge is 0.480 e. The Morgan fingerprint density at radius 2 is 1.47 bits per heavy atom. The second-order valence-electron chi connectivity index (χ2n) is 7.76. The molecule has 0 amide bonds. The number of carboxylic acids is 1. The van der Waals surface area contributed by atoms with E-state index < -0.39 is 42.3 Å². The van der Waals surface area contributed by atoms with Crippen molar-refractivity contribution < 1.29 is 52.7 Å². The van der Waals surface area contributed by atoms with E-state index in [4.69, 9.17) is 34.2 Å². The van der Waals surface area contributed by atoms with Gasteiger partial charge in [0.15, 0.2) is 11.5 Å².